The van der Waals surface area contributed by atoms with Gasteiger partial charge in [-0.15, -0.1) is 0 Å². The van der Waals surface area contributed by atoms with Crippen molar-refractivity contribution in [3.63, 3.8) is 0 Å². The molecule has 0 spiro atoms. The minimum absolute atomic E-state index is 0.0405. The molecule has 0 radical (unpaired) electrons. The molecule has 0 bridgehead atoms. The lowest BCUT2D eigenvalue weighted by molar-refractivity contribution is -0.114. The van der Waals surface area contributed by atoms with Crippen LogP contribution in [-0.2, 0) is 14.8 Å². The molecule has 2 aromatic carbocycles. The van der Waals surface area contributed by atoms with E-state index in [1.165, 1.54) is 26.2 Å². The van der Waals surface area contributed by atoms with E-state index in [0.29, 0.717) is 5.69 Å². The highest BCUT2D eigenvalue weighted by atomic mass is 32.2. The van der Waals surface area contributed by atoms with E-state index in [0.717, 1.165) is 21.1 Å². The lowest BCUT2D eigenvalue weighted by Gasteiger charge is -2.13. The fourth-order valence-corrected chi connectivity index (χ4v) is 3.26. The molecule has 2 rings (SSSR count). The molecule has 0 saturated heterocycles. The molecule has 0 aliphatic carbocycles. The van der Waals surface area contributed by atoms with Gasteiger partial charge in [-0.05, 0) is 43.7 Å². The number of nitrogens with one attached hydrogen (secondary N) is 2. The van der Waals surface area contributed by atoms with Crippen LogP contribution >= 0.6 is 0 Å². The minimum Gasteiger partial charge on any atom is -0.376 e. The van der Waals surface area contributed by atoms with Gasteiger partial charge in [-0.25, -0.2) is 12.7 Å². The van der Waals surface area contributed by atoms with Crippen LogP contribution in [0.4, 0.5) is 11.4 Å². The van der Waals surface area contributed by atoms with Gasteiger partial charge in [0.2, 0.25) is 15.9 Å². The quantitative estimate of drug-likeness (QED) is 0.829. The molecule has 0 saturated carbocycles. The monoisotopic (exact) mass is 361 g/mol. The number of benzene rings is 2. The van der Waals surface area contributed by atoms with Crippen molar-refractivity contribution in [1.82, 2.24) is 4.31 Å². The van der Waals surface area contributed by atoms with E-state index in [2.05, 4.69) is 10.6 Å². The summed E-state index contributed by atoms with van der Waals surface area (Å²) in [6.07, 6.45) is 0. The van der Waals surface area contributed by atoms with Crippen molar-refractivity contribution in [2.75, 3.05) is 31.3 Å². The Morgan fingerprint density at radius 1 is 1.08 bits per heavy atom. The van der Waals surface area contributed by atoms with Crippen LogP contribution < -0.4 is 10.6 Å². The normalized spacial score (nSPS) is 11.4. The van der Waals surface area contributed by atoms with Gasteiger partial charge < -0.3 is 10.6 Å². The first-order valence-corrected chi connectivity index (χ1v) is 9.28. The van der Waals surface area contributed by atoms with Gasteiger partial charge in [-0.1, -0.05) is 23.8 Å². The highest BCUT2D eigenvalue weighted by Crippen LogP contribution is 2.18. The third-order valence-electron chi connectivity index (χ3n) is 3.72. The Morgan fingerprint density at radius 3 is 2.44 bits per heavy atom. The number of anilines is 2. The van der Waals surface area contributed by atoms with Gasteiger partial charge in [-0.3, -0.25) is 4.79 Å². The lowest BCUT2D eigenvalue weighted by Crippen LogP contribution is -2.23. The van der Waals surface area contributed by atoms with Crippen molar-refractivity contribution < 1.29 is 13.2 Å². The van der Waals surface area contributed by atoms with Crippen molar-refractivity contribution in [2.24, 2.45) is 0 Å². The van der Waals surface area contributed by atoms with Crippen LogP contribution in [0, 0.1) is 13.8 Å². The molecule has 2 aromatic rings. The summed E-state index contributed by atoms with van der Waals surface area (Å²) in [7, 11) is -0.546. The van der Waals surface area contributed by atoms with Crippen LogP contribution in [0.3, 0.4) is 0 Å². The molecule has 2 N–H and O–H groups in total. The first-order valence-electron chi connectivity index (χ1n) is 7.84. The second-order valence-electron chi connectivity index (χ2n) is 6.04. The molecule has 0 fully saturated rings. The average molecular weight is 361 g/mol. The fourth-order valence-electron chi connectivity index (χ4n) is 2.31. The number of hydrogen-bond acceptors (Lipinski definition) is 4. The summed E-state index contributed by atoms with van der Waals surface area (Å²) >= 11 is 0. The molecule has 0 aliphatic rings. The Bertz CT molecular complexity index is 877. The highest BCUT2D eigenvalue weighted by molar-refractivity contribution is 7.89. The summed E-state index contributed by atoms with van der Waals surface area (Å²) in [6.45, 7) is 3.97. The zero-order chi connectivity index (χ0) is 18.6. The second kappa shape index (κ2) is 7.67. The summed E-state index contributed by atoms with van der Waals surface area (Å²) < 4.78 is 25.4. The largest absolute Gasteiger partial charge is 0.376 e. The van der Waals surface area contributed by atoms with Gasteiger partial charge in [0, 0.05) is 25.5 Å². The maximum Gasteiger partial charge on any atom is 0.243 e. The first-order chi connectivity index (χ1) is 11.7. The summed E-state index contributed by atoms with van der Waals surface area (Å²) in [4.78, 5) is 12.3. The Kier molecular flexibility index (Phi) is 5.81. The van der Waals surface area contributed by atoms with E-state index in [9.17, 15) is 13.2 Å². The summed E-state index contributed by atoms with van der Waals surface area (Å²) in [6, 6.07) is 12.2. The van der Waals surface area contributed by atoms with Crippen LogP contribution in [0.5, 0.6) is 0 Å². The number of carbonyl (C=O) groups excluding carboxylic acids is 1. The molecule has 7 heteroatoms. The van der Waals surface area contributed by atoms with Crippen LogP contribution in [0.1, 0.15) is 11.1 Å². The number of hydrogen-bond donors (Lipinski definition) is 2. The first kappa shape index (κ1) is 19.0. The molecule has 134 valence electrons. The van der Waals surface area contributed by atoms with E-state index in [1.807, 2.05) is 32.0 Å². The van der Waals surface area contributed by atoms with Gasteiger partial charge in [0.25, 0.3) is 0 Å². The fraction of sp³-hybridized carbons (Fsp3) is 0.278. The lowest BCUT2D eigenvalue weighted by atomic mass is 10.1. The Morgan fingerprint density at radius 2 is 1.80 bits per heavy atom. The molecule has 0 atom stereocenters. The van der Waals surface area contributed by atoms with Gasteiger partial charge in [0.1, 0.15) is 0 Å². The van der Waals surface area contributed by atoms with Crippen molar-refractivity contribution in [3.8, 4) is 0 Å². The maximum absolute atomic E-state index is 12.1. The van der Waals surface area contributed by atoms with E-state index in [4.69, 9.17) is 0 Å². The van der Waals surface area contributed by atoms with Gasteiger partial charge in [0.15, 0.2) is 0 Å². The molecule has 1 amide bonds. The number of carbonyl (C=O) groups is 1. The van der Waals surface area contributed by atoms with E-state index < -0.39 is 10.0 Å². The molecular weight excluding hydrogens is 338 g/mol. The average Bonchev–Trinajstić information content (AvgIpc) is 2.55. The Labute approximate surface area is 148 Å². The molecule has 25 heavy (non-hydrogen) atoms. The number of nitrogens with zero attached hydrogens (tertiary/aromatic N) is 1. The summed E-state index contributed by atoms with van der Waals surface area (Å²) in [5.41, 5.74) is 3.46. The van der Waals surface area contributed by atoms with Crippen LogP contribution in [0.15, 0.2) is 47.4 Å². The van der Waals surface area contributed by atoms with Gasteiger partial charge >= 0.3 is 0 Å². The van der Waals surface area contributed by atoms with E-state index in [-0.39, 0.29) is 17.3 Å². The Hall–Kier alpha value is -2.38. The third kappa shape index (κ3) is 4.80. The molecule has 6 nitrogen and oxygen atoms in total. The zero-order valence-corrected chi connectivity index (χ0v) is 15.6. The third-order valence-corrected chi connectivity index (χ3v) is 5.53. The van der Waals surface area contributed by atoms with Crippen LogP contribution in [0.25, 0.3) is 0 Å². The number of sulfonamides is 1. The number of aryl methyl sites for hydroxylation is 2. The van der Waals surface area contributed by atoms with Crippen LogP contribution in [0.2, 0.25) is 0 Å². The number of amides is 1. The topological polar surface area (TPSA) is 78.5 Å². The van der Waals surface area contributed by atoms with Gasteiger partial charge in [0.05, 0.1) is 11.4 Å². The smallest absolute Gasteiger partial charge is 0.243 e. The molecule has 0 aliphatic heterocycles. The van der Waals surface area contributed by atoms with Crippen molar-refractivity contribution in [1.29, 1.82) is 0 Å². The molecular formula is C18H23N3O3S. The predicted octanol–water partition coefficient (Wildman–Crippen LogP) is 2.60. The molecule has 0 aromatic heterocycles. The van der Waals surface area contributed by atoms with E-state index >= 15 is 0 Å². The second-order valence-corrected chi connectivity index (χ2v) is 8.19. The highest BCUT2D eigenvalue weighted by Gasteiger charge is 2.17. The predicted molar refractivity (Wildman–Crippen MR) is 100 cm³/mol. The Balaban J connectivity index is 2.03. The number of rotatable bonds is 6. The molecule has 0 heterocycles. The minimum atomic E-state index is -3.50. The SMILES string of the molecule is Cc1ccc(NC(=O)CNc2cccc(S(=O)(=O)N(C)C)c2)c(C)c1. The van der Waals surface area contributed by atoms with Crippen molar-refractivity contribution >= 4 is 27.3 Å². The molecule has 0 unspecified atom stereocenters. The van der Waals surface area contributed by atoms with E-state index in [1.54, 1.807) is 12.1 Å². The summed E-state index contributed by atoms with van der Waals surface area (Å²) in [5.74, 6) is -0.201. The summed E-state index contributed by atoms with van der Waals surface area (Å²) in [5, 5.41) is 5.79. The van der Waals surface area contributed by atoms with Crippen molar-refractivity contribution in [2.45, 2.75) is 18.7 Å². The zero-order valence-electron chi connectivity index (χ0n) is 14.8. The van der Waals surface area contributed by atoms with Gasteiger partial charge in [-0.2, -0.15) is 0 Å². The van der Waals surface area contributed by atoms with Crippen molar-refractivity contribution in [3.05, 3.63) is 53.6 Å². The maximum atomic E-state index is 12.1. The van der Waals surface area contributed by atoms with Crippen LogP contribution in [-0.4, -0.2) is 39.3 Å². The standard InChI is InChI=1S/C18H23N3O3S/c1-13-8-9-17(14(2)10-13)20-18(22)12-19-15-6-5-7-16(11-15)25(23,24)21(3)4/h5-11,19H,12H2,1-4H3,(H,20,22).